The standard InChI is InChI=1S/C13H28N2/c1-5-7-8-10-13(3,4)11-15-12(14)9-6-2/h5-11H2,1-4H3,(H2,14,15). The second-order valence-corrected chi connectivity index (χ2v) is 5.18. The molecule has 90 valence electrons. The molecule has 0 aromatic rings. The van der Waals surface area contributed by atoms with E-state index in [9.17, 15) is 0 Å². The van der Waals surface area contributed by atoms with E-state index in [-0.39, 0.29) is 0 Å². The van der Waals surface area contributed by atoms with Crippen molar-refractivity contribution in [3.05, 3.63) is 0 Å². The van der Waals surface area contributed by atoms with E-state index in [1.54, 1.807) is 0 Å². The minimum Gasteiger partial charge on any atom is -0.387 e. The fraction of sp³-hybridized carbons (Fsp3) is 0.923. The Bertz CT molecular complexity index is 183. The molecule has 0 unspecified atom stereocenters. The summed E-state index contributed by atoms with van der Waals surface area (Å²) in [6, 6.07) is 0. The molecule has 0 saturated heterocycles. The van der Waals surface area contributed by atoms with Gasteiger partial charge in [-0.25, -0.2) is 0 Å². The van der Waals surface area contributed by atoms with Crippen molar-refractivity contribution in [2.45, 2.75) is 66.2 Å². The van der Waals surface area contributed by atoms with E-state index in [0.29, 0.717) is 5.41 Å². The zero-order chi connectivity index (χ0) is 11.7. The van der Waals surface area contributed by atoms with Crippen LogP contribution in [0.1, 0.15) is 66.2 Å². The van der Waals surface area contributed by atoms with E-state index in [1.807, 2.05) is 0 Å². The van der Waals surface area contributed by atoms with E-state index < -0.39 is 0 Å². The van der Waals surface area contributed by atoms with Crippen LogP contribution >= 0.6 is 0 Å². The molecule has 0 aliphatic heterocycles. The number of rotatable bonds is 8. The summed E-state index contributed by atoms with van der Waals surface area (Å²) in [4.78, 5) is 4.46. The molecule has 0 aliphatic rings. The quantitative estimate of drug-likeness (QED) is 0.371. The van der Waals surface area contributed by atoms with Gasteiger partial charge in [-0.05, 0) is 18.3 Å². The van der Waals surface area contributed by atoms with Gasteiger partial charge in [0.15, 0.2) is 0 Å². The maximum Gasteiger partial charge on any atom is 0.0937 e. The predicted molar refractivity (Wildman–Crippen MR) is 69.3 cm³/mol. The molecular formula is C13H28N2. The van der Waals surface area contributed by atoms with Gasteiger partial charge in [0.2, 0.25) is 0 Å². The van der Waals surface area contributed by atoms with Gasteiger partial charge in [-0.1, -0.05) is 47.0 Å². The van der Waals surface area contributed by atoms with Gasteiger partial charge in [0.05, 0.1) is 5.84 Å². The first-order valence-corrected chi connectivity index (χ1v) is 6.30. The molecule has 2 nitrogen and oxygen atoms in total. The number of hydrogen-bond donors (Lipinski definition) is 1. The Morgan fingerprint density at radius 3 is 2.33 bits per heavy atom. The lowest BCUT2D eigenvalue weighted by Crippen LogP contribution is -2.19. The van der Waals surface area contributed by atoms with Crippen molar-refractivity contribution in [1.82, 2.24) is 0 Å². The third-order valence-corrected chi connectivity index (χ3v) is 2.67. The van der Waals surface area contributed by atoms with Crippen molar-refractivity contribution < 1.29 is 0 Å². The molecule has 0 rings (SSSR count). The summed E-state index contributed by atoms with van der Waals surface area (Å²) in [5, 5.41) is 0. The topological polar surface area (TPSA) is 38.4 Å². The Balaban J connectivity index is 3.85. The first kappa shape index (κ1) is 14.5. The second kappa shape index (κ2) is 7.72. The van der Waals surface area contributed by atoms with Crippen LogP contribution in [-0.2, 0) is 0 Å². The van der Waals surface area contributed by atoms with Crippen molar-refractivity contribution in [1.29, 1.82) is 0 Å². The highest BCUT2D eigenvalue weighted by Gasteiger charge is 2.16. The number of aliphatic imine (C=N–C) groups is 1. The highest BCUT2D eigenvalue weighted by atomic mass is 14.9. The Kier molecular flexibility index (Phi) is 7.45. The summed E-state index contributed by atoms with van der Waals surface area (Å²) >= 11 is 0. The lowest BCUT2D eigenvalue weighted by molar-refractivity contribution is 0.333. The molecular weight excluding hydrogens is 184 g/mol. The van der Waals surface area contributed by atoms with Gasteiger partial charge >= 0.3 is 0 Å². The maximum atomic E-state index is 5.80. The molecule has 0 heterocycles. The van der Waals surface area contributed by atoms with E-state index in [1.165, 1.54) is 25.7 Å². The van der Waals surface area contributed by atoms with Crippen LogP contribution in [-0.4, -0.2) is 12.4 Å². The van der Waals surface area contributed by atoms with Gasteiger partial charge < -0.3 is 5.73 Å². The van der Waals surface area contributed by atoms with Crippen molar-refractivity contribution in [2.75, 3.05) is 6.54 Å². The summed E-state index contributed by atoms with van der Waals surface area (Å²) in [5.41, 5.74) is 6.11. The fourth-order valence-electron chi connectivity index (χ4n) is 1.58. The molecule has 0 aliphatic carbocycles. The minimum absolute atomic E-state index is 0.313. The highest BCUT2D eigenvalue weighted by molar-refractivity contribution is 5.80. The van der Waals surface area contributed by atoms with Crippen LogP contribution in [0.15, 0.2) is 4.99 Å². The highest BCUT2D eigenvalue weighted by Crippen LogP contribution is 2.24. The molecule has 0 radical (unpaired) electrons. The molecule has 2 N–H and O–H groups in total. The summed E-state index contributed by atoms with van der Waals surface area (Å²) in [6.45, 7) is 9.82. The maximum absolute atomic E-state index is 5.80. The van der Waals surface area contributed by atoms with Gasteiger partial charge in [-0.15, -0.1) is 0 Å². The van der Waals surface area contributed by atoms with Gasteiger partial charge in [0.25, 0.3) is 0 Å². The average Bonchev–Trinajstić information content (AvgIpc) is 2.16. The molecule has 0 spiro atoms. The minimum atomic E-state index is 0.313. The van der Waals surface area contributed by atoms with Crippen LogP contribution in [0.5, 0.6) is 0 Å². The fourth-order valence-corrected chi connectivity index (χ4v) is 1.58. The number of nitrogens with zero attached hydrogens (tertiary/aromatic N) is 1. The van der Waals surface area contributed by atoms with Crippen LogP contribution in [0, 0.1) is 5.41 Å². The van der Waals surface area contributed by atoms with Gasteiger partial charge in [-0.2, -0.15) is 0 Å². The Morgan fingerprint density at radius 1 is 1.13 bits per heavy atom. The second-order valence-electron chi connectivity index (χ2n) is 5.18. The third-order valence-electron chi connectivity index (χ3n) is 2.67. The lowest BCUT2D eigenvalue weighted by Gasteiger charge is -2.22. The van der Waals surface area contributed by atoms with Crippen LogP contribution in [0.3, 0.4) is 0 Å². The molecule has 15 heavy (non-hydrogen) atoms. The third kappa shape index (κ3) is 8.46. The molecule has 0 amide bonds. The average molecular weight is 212 g/mol. The van der Waals surface area contributed by atoms with Crippen LogP contribution < -0.4 is 5.73 Å². The molecule has 2 heteroatoms. The van der Waals surface area contributed by atoms with Crippen molar-refractivity contribution in [3.63, 3.8) is 0 Å². The molecule has 0 fully saturated rings. The van der Waals surface area contributed by atoms with Crippen LogP contribution in [0.25, 0.3) is 0 Å². The van der Waals surface area contributed by atoms with E-state index in [2.05, 4.69) is 32.7 Å². The molecule has 0 atom stereocenters. The zero-order valence-electron chi connectivity index (χ0n) is 11.0. The van der Waals surface area contributed by atoms with Gasteiger partial charge in [0, 0.05) is 13.0 Å². The first-order valence-electron chi connectivity index (χ1n) is 6.30. The van der Waals surface area contributed by atoms with Crippen molar-refractivity contribution in [2.24, 2.45) is 16.1 Å². The molecule has 0 aromatic heterocycles. The Hall–Kier alpha value is -0.530. The van der Waals surface area contributed by atoms with Gasteiger partial charge in [-0.3, -0.25) is 4.99 Å². The van der Waals surface area contributed by atoms with Crippen molar-refractivity contribution >= 4 is 5.84 Å². The predicted octanol–water partition coefficient (Wildman–Crippen LogP) is 3.75. The lowest BCUT2D eigenvalue weighted by atomic mass is 9.87. The molecule has 0 aromatic carbocycles. The number of nitrogens with two attached hydrogens (primary N) is 1. The van der Waals surface area contributed by atoms with Crippen molar-refractivity contribution in [3.8, 4) is 0 Å². The number of amidine groups is 1. The van der Waals surface area contributed by atoms with E-state index >= 15 is 0 Å². The summed E-state index contributed by atoms with van der Waals surface area (Å²) in [5.74, 6) is 0.820. The van der Waals surface area contributed by atoms with Gasteiger partial charge in [0.1, 0.15) is 0 Å². The normalized spacial score (nSPS) is 13.2. The smallest absolute Gasteiger partial charge is 0.0937 e. The number of hydrogen-bond acceptors (Lipinski definition) is 1. The van der Waals surface area contributed by atoms with E-state index in [4.69, 9.17) is 5.73 Å². The summed E-state index contributed by atoms with van der Waals surface area (Å²) in [6.07, 6.45) is 7.21. The Morgan fingerprint density at radius 2 is 1.80 bits per heavy atom. The molecule has 0 bridgehead atoms. The first-order chi connectivity index (χ1) is 7.02. The monoisotopic (exact) mass is 212 g/mol. The molecule has 0 saturated carbocycles. The van der Waals surface area contributed by atoms with E-state index in [0.717, 1.165) is 25.2 Å². The summed E-state index contributed by atoms with van der Waals surface area (Å²) in [7, 11) is 0. The SMILES string of the molecule is CCCCCC(C)(C)CN=C(N)CCC. The number of unbranched alkanes of at least 4 members (excludes halogenated alkanes) is 2. The largest absolute Gasteiger partial charge is 0.387 e. The zero-order valence-corrected chi connectivity index (χ0v) is 11.0. The van der Waals surface area contributed by atoms with Crippen LogP contribution in [0.2, 0.25) is 0 Å². The summed E-state index contributed by atoms with van der Waals surface area (Å²) < 4.78 is 0. The Labute approximate surface area is 95.4 Å². The van der Waals surface area contributed by atoms with Crippen LogP contribution in [0.4, 0.5) is 0 Å².